The lowest BCUT2D eigenvalue weighted by atomic mass is 10.2. The van der Waals surface area contributed by atoms with Crippen molar-refractivity contribution in [3.8, 4) is 11.4 Å². The number of hydrogen-bond acceptors (Lipinski definition) is 3. The summed E-state index contributed by atoms with van der Waals surface area (Å²) in [6.45, 7) is 0.263. The van der Waals surface area contributed by atoms with E-state index in [1.54, 1.807) is 23.7 Å². The Morgan fingerprint density at radius 1 is 1.44 bits per heavy atom. The van der Waals surface area contributed by atoms with E-state index in [9.17, 15) is 4.39 Å². The SMILES string of the molecule is Cn1c(CN)nnc1-c1ccc(Cl)cc1F. The topological polar surface area (TPSA) is 56.7 Å². The lowest BCUT2D eigenvalue weighted by Crippen LogP contribution is -2.05. The normalized spacial score (nSPS) is 10.8. The molecule has 1 heterocycles. The van der Waals surface area contributed by atoms with Crippen LogP contribution in [-0.2, 0) is 13.6 Å². The van der Waals surface area contributed by atoms with Crippen molar-refractivity contribution in [1.29, 1.82) is 0 Å². The summed E-state index contributed by atoms with van der Waals surface area (Å²) >= 11 is 5.67. The van der Waals surface area contributed by atoms with Crippen LogP contribution in [0.5, 0.6) is 0 Å². The van der Waals surface area contributed by atoms with Crippen molar-refractivity contribution < 1.29 is 4.39 Å². The van der Waals surface area contributed by atoms with Gasteiger partial charge in [0.2, 0.25) is 0 Å². The van der Waals surface area contributed by atoms with Crippen LogP contribution >= 0.6 is 11.6 Å². The molecule has 0 unspecified atom stereocenters. The molecule has 0 spiro atoms. The number of rotatable bonds is 2. The summed E-state index contributed by atoms with van der Waals surface area (Å²) in [6.07, 6.45) is 0. The van der Waals surface area contributed by atoms with E-state index in [0.717, 1.165) is 0 Å². The highest BCUT2D eigenvalue weighted by Gasteiger charge is 2.13. The van der Waals surface area contributed by atoms with Crippen LogP contribution in [-0.4, -0.2) is 14.8 Å². The molecule has 0 fully saturated rings. The van der Waals surface area contributed by atoms with Crippen molar-refractivity contribution >= 4 is 11.6 Å². The van der Waals surface area contributed by atoms with E-state index in [0.29, 0.717) is 22.2 Å². The van der Waals surface area contributed by atoms with Crippen LogP contribution in [0.4, 0.5) is 4.39 Å². The Morgan fingerprint density at radius 2 is 2.19 bits per heavy atom. The third-order valence-corrected chi connectivity index (χ3v) is 2.55. The summed E-state index contributed by atoms with van der Waals surface area (Å²) in [5, 5.41) is 8.11. The minimum atomic E-state index is -0.424. The van der Waals surface area contributed by atoms with E-state index in [1.165, 1.54) is 6.07 Å². The molecule has 2 rings (SSSR count). The van der Waals surface area contributed by atoms with Gasteiger partial charge in [-0.15, -0.1) is 10.2 Å². The quantitative estimate of drug-likeness (QED) is 0.870. The fourth-order valence-corrected chi connectivity index (χ4v) is 1.60. The first kappa shape index (κ1) is 11.0. The highest BCUT2D eigenvalue weighted by Crippen LogP contribution is 2.23. The molecular weight excluding hydrogens is 231 g/mol. The van der Waals surface area contributed by atoms with E-state index in [1.807, 2.05) is 0 Å². The van der Waals surface area contributed by atoms with Crippen LogP contribution in [0.25, 0.3) is 11.4 Å². The number of aromatic nitrogens is 3. The van der Waals surface area contributed by atoms with E-state index in [4.69, 9.17) is 17.3 Å². The van der Waals surface area contributed by atoms with E-state index >= 15 is 0 Å². The molecule has 2 aromatic rings. The van der Waals surface area contributed by atoms with Gasteiger partial charge in [-0.3, -0.25) is 0 Å². The second kappa shape index (κ2) is 4.19. The van der Waals surface area contributed by atoms with Gasteiger partial charge in [0.15, 0.2) is 5.82 Å². The predicted molar refractivity (Wildman–Crippen MR) is 59.3 cm³/mol. The van der Waals surface area contributed by atoms with Crippen LogP contribution < -0.4 is 5.73 Å². The zero-order valence-corrected chi connectivity index (χ0v) is 9.37. The van der Waals surface area contributed by atoms with Gasteiger partial charge in [0.25, 0.3) is 0 Å². The van der Waals surface area contributed by atoms with Gasteiger partial charge in [0.1, 0.15) is 11.6 Å². The number of nitrogens with zero attached hydrogens (tertiary/aromatic N) is 3. The van der Waals surface area contributed by atoms with Crippen molar-refractivity contribution in [2.75, 3.05) is 0 Å². The Kier molecular flexibility index (Phi) is 2.89. The first-order valence-corrected chi connectivity index (χ1v) is 5.05. The fourth-order valence-electron chi connectivity index (χ4n) is 1.44. The number of hydrogen-bond donors (Lipinski definition) is 1. The highest BCUT2D eigenvalue weighted by atomic mass is 35.5. The van der Waals surface area contributed by atoms with Crippen molar-refractivity contribution in [1.82, 2.24) is 14.8 Å². The molecule has 0 aliphatic rings. The number of nitrogens with two attached hydrogens (primary N) is 1. The van der Waals surface area contributed by atoms with Crippen LogP contribution in [0.15, 0.2) is 18.2 Å². The Labute approximate surface area is 96.9 Å². The second-order valence-electron chi connectivity index (χ2n) is 3.33. The second-order valence-corrected chi connectivity index (χ2v) is 3.76. The lowest BCUT2D eigenvalue weighted by molar-refractivity contribution is 0.628. The molecule has 0 amide bonds. The van der Waals surface area contributed by atoms with Crippen molar-refractivity contribution in [2.24, 2.45) is 12.8 Å². The zero-order chi connectivity index (χ0) is 11.7. The van der Waals surface area contributed by atoms with E-state index in [-0.39, 0.29) is 6.54 Å². The monoisotopic (exact) mass is 240 g/mol. The Balaban J connectivity index is 2.54. The van der Waals surface area contributed by atoms with Crippen LogP contribution in [0.3, 0.4) is 0 Å². The molecule has 0 aliphatic heterocycles. The molecule has 0 radical (unpaired) electrons. The Morgan fingerprint density at radius 3 is 2.75 bits per heavy atom. The van der Waals surface area contributed by atoms with E-state index in [2.05, 4.69) is 10.2 Å². The molecule has 16 heavy (non-hydrogen) atoms. The minimum Gasteiger partial charge on any atom is -0.324 e. The molecule has 0 saturated carbocycles. The molecule has 4 nitrogen and oxygen atoms in total. The van der Waals surface area contributed by atoms with Gasteiger partial charge in [0, 0.05) is 12.1 Å². The average Bonchev–Trinajstić information content (AvgIpc) is 2.60. The molecule has 2 N–H and O–H groups in total. The molecule has 0 atom stereocenters. The van der Waals surface area contributed by atoms with Gasteiger partial charge in [-0.25, -0.2) is 4.39 Å². The van der Waals surface area contributed by atoms with Gasteiger partial charge in [-0.2, -0.15) is 0 Å². The van der Waals surface area contributed by atoms with Crippen molar-refractivity contribution in [3.05, 3.63) is 34.9 Å². The van der Waals surface area contributed by atoms with Gasteiger partial charge < -0.3 is 10.3 Å². The third kappa shape index (κ3) is 1.79. The van der Waals surface area contributed by atoms with Crippen LogP contribution in [0.2, 0.25) is 5.02 Å². The van der Waals surface area contributed by atoms with Crippen molar-refractivity contribution in [3.63, 3.8) is 0 Å². The summed E-state index contributed by atoms with van der Waals surface area (Å²) in [6, 6.07) is 4.42. The highest BCUT2D eigenvalue weighted by molar-refractivity contribution is 6.30. The van der Waals surface area contributed by atoms with Gasteiger partial charge in [-0.05, 0) is 18.2 Å². The largest absolute Gasteiger partial charge is 0.324 e. The Hall–Kier alpha value is -1.46. The zero-order valence-electron chi connectivity index (χ0n) is 8.61. The maximum atomic E-state index is 13.6. The van der Waals surface area contributed by atoms with Gasteiger partial charge in [-0.1, -0.05) is 11.6 Å². The van der Waals surface area contributed by atoms with Crippen molar-refractivity contribution in [2.45, 2.75) is 6.54 Å². The summed E-state index contributed by atoms with van der Waals surface area (Å²) in [5.74, 6) is 0.616. The molecule has 1 aromatic carbocycles. The third-order valence-electron chi connectivity index (χ3n) is 2.32. The molecule has 0 saturated heterocycles. The standard InChI is InChI=1S/C10H10ClFN4/c1-16-9(5-13)14-15-10(16)7-3-2-6(11)4-8(7)12/h2-4H,5,13H2,1H3. The van der Waals surface area contributed by atoms with Crippen LogP contribution in [0, 0.1) is 5.82 Å². The summed E-state index contributed by atoms with van der Waals surface area (Å²) in [5.41, 5.74) is 5.83. The lowest BCUT2D eigenvalue weighted by Gasteiger charge is -2.04. The molecule has 0 bridgehead atoms. The number of benzene rings is 1. The molecule has 1 aromatic heterocycles. The first-order chi connectivity index (χ1) is 7.63. The van der Waals surface area contributed by atoms with Crippen LogP contribution in [0.1, 0.15) is 5.82 Å². The molecular formula is C10H10ClFN4. The molecule has 0 aliphatic carbocycles. The first-order valence-electron chi connectivity index (χ1n) is 4.67. The summed E-state index contributed by atoms with van der Waals surface area (Å²) in [7, 11) is 1.74. The maximum Gasteiger partial charge on any atom is 0.166 e. The molecule has 84 valence electrons. The summed E-state index contributed by atoms with van der Waals surface area (Å²) < 4.78 is 15.3. The predicted octanol–water partition coefficient (Wildman–Crippen LogP) is 1.73. The van der Waals surface area contributed by atoms with E-state index < -0.39 is 5.82 Å². The average molecular weight is 241 g/mol. The van der Waals surface area contributed by atoms with Gasteiger partial charge in [0.05, 0.1) is 12.1 Å². The Bertz CT molecular complexity index is 524. The smallest absolute Gasteiger partial charge is 0.166 e. The summed E-state index contributed by atoms with van der Waals surface area (Å²) in [4.78, 5) is 0. The minimum absolute atomic E-state index is 0.263. The fraction of sp³-hybridized carbons (Fsp3) is 0.200. The molecule has 6 heteroatoms. The van der Waals surface area contributed by atoms with Gasteiger partial charge >= 0.3 is 0 Å². The number of halogens is 2. The maximum absolute atomic E-state index is 13.6.